The Bertz CT molecular complexity index is 365. The van der Waals surface area contributed by atoms with Crippen LogP contribution in [0.15, 0.2) is 10.5 Å². The Labute approximate surface area is 89.0 Å². The summed E-state index contributed by atoms with van der Waals surface area (Å²) in [4.78, 5) is 13.8. The van der Waals surface area contributed by atoms with Crippen molar-refractivity contribution in [1.82, 2.24) is 4.90 Å². The summed E-state index contributed by atoms with van der Waals surface area (Å²) >= 11 is 0. The number of carbonyl (C=O) groups is 1. The minimum Gasteiger partial charge on any atom is -0.456 e. The quantitative estimate of drug-likeness (QED) is 0.796. The van der Waals surface area contributed by atoms with Crippen LogP contribution in [0, 0.1) is 6.92 Å². The first kappa shape index (κ1) is 10.2. The minimum atomic E-state index is -0.00435. The van der Waals surface area contributed by atoms with E-state index in [2.05, 4.69) is 0 Å². The van der Waals surface area contributed by atoms with E-state index in [0.29, 0.717) is 12.3 Å². The highest BCUT2D eigenvalue weighted by Crippen LogP contribution is 2.18. The third kappa shape index (κ3) is 1.90. The molecule has 0 unspecified atom stereocenters. The van der Waals surface area contributed by atoms with Gasteiger partial charge in [0.15, 0.2) is 5.76 Å². The summed E-state index contributed by atoms with van der Waals surface area (Å²) in [5.41, 5.74) is 6.45. The smallest absolute Gasteiger partial charge is 0.289 e. The Kier molecular flexibility index (Phi) is 2.77. The Hall–Kier alpha value is -1.29. The van der Waals surface area contributed by atoms with E-state index in [4.69, 9.17) is 10.2 Å². The molecule has 0 radical (unpaired) electrons. The fourth-order valence-corrected chi connectivity index (χ4v) is 1.90. The monoisotopic (exact) mass is 208 g/mol. The lowest BCUT2D eigenvalue weighted by molar-refractivity contribution is 0.0760. The van der Waals surface area contributed by atoms with Gasteiger partial charge in [-0.3, -0.25) is 4.79 Å². The Morgan fingerprint density at radius 1 is 1.53 bits per heavy atom. The number of nitrogens with two attached hydrogens (primary N) is 1. The molecule has 0 aliphatic carbocycles. The second-order valence-electron chi connectivity index (χ2n) is 3.90. The lowest BCUT2D eigenvalue weighted by Crippen LogP contribution is -2.27. The molecule has 1 aromatic heterocycles. The summed E-state index contributed by atoms with van der Waals surface area (Å²) in [6.07, 6.45) is 2.18. The second kappa shape index (κ2) is 4.06. The summed E-state index contributed by atoms with van der Waals surface area (Å²) in [5, 5.41) is 0. The third-order valence-corrected chi connectivity index (χ3v) is 2.84. The van der Waals surface area contributed by atoms with Crippen molar-refractivity contribution < 1.29 is 9.21 Å². The van der Waals surface area contributed by atoms with Crippen LogP contribution in [0.4, 0.5) is 0 Å². The zero-order chi connectivity index (χ0) is 10.8. The van der Waals surface area contributed by atoms with Crippen molar-refractivity contribution in [3.63, 3.8) is 0 Å². The number of likely N-dealkylation sites (tertiary alicyclic amines) is 1. The van der Waals surface area contributed by atoms with Crippen molar-refractivity contribution >= 4 is 5.91 Å². The summed E-state index contributed by atoms with van der Waals surface area (Å²) in [5.74, 6) is 1.17. The normalized spacial score (nSPS) is 16.0. The minimum absolute atomic E-state index is 0.00435. The molecule has 0 spiro atoms. The van der Waals surface area contributed by atoms with Gasteiger partial charge in [0, 0.05) is 25.2 Å². The molecule has 1 aromatic rings. The van der Waals surface area contributed by atoms with Crippen molar-refractivity contribution in [1.29, 1.82) is 0 Å². The maximum atomic E-state index is 11.9. The molecule has 82 valence electrons. The lowest BCUT2D eigenvalue weighted by Gasteiger charge is -2.12. The zero-order valence-corrected chi connectivity index (χ0v) is 8.95. The van der Waals surface area contributed by atoms with E-state index in [-0.39, 0.29) is 5.91 Å². The molecule has 1 saturated heterocycles. The number of furan rings is 1. The summed E-state index contributed by atoms with van der Waals surface area (Å²) in [6, 6.07) is 1.76. The molecule has 2 rings (SSSR count). The Morgan fingerprint density at radius 2 is 2.20 bits per heavy atom. The van der Waals surface area contributed by atoms with Gasteiger partial charge in [0.1, 0.15) is 5.76 Å². The molecule has 4 nitrogen and oxygen atoms in total. The molecular formula is C11H16N2O2. The number of hydrogen-bond donors (Lipinski definition) is 1. The molecule has 2 heterocycles. The first-order valence-corrected chi connectivity index (χ1v) is 5.31. The van der Waals surface area contributed by atoms with Crippen LogP contribution in [0.3, 0.4) is 0 Å². The first-order valence-electron chi connectivity index (χ1n) is 5.31. The van der Waals surface area contributed by atoms with E-state index in [1.807, 2.05) is 11.8 Å². The highest BCUT2D eigenvalue weighted by atomic mass is 16.4. The fraction of sp³-hybridized carbons (Fsp3) is 0.545. The molecule has 1 aliphatic rings. The van der Waals surface area contributed by atoms with Crippen molar-refractivity contribution in [2.45, 2.75) is 26.3 Å². The first-order chi connectivity index (χ1) is 7.22. The average Bonchev–Trinajstić information content (AvgIpc) is 2.85. The van der Waals surface area contributed by atoms with Gasteiger partial charge in [-0.15, -0.1) is 0 Å². The van der Waals surface area contributed by atoms with Crippen LogP contribution in [0.25, 0.3) is 0 Å². The molecule has 15 heavy (non-hydrogen) atoms. The van der Waals surface area contributed by atoms with Gasteiger partial charge in [0.05, 0.1) is 0 Å². The van der Waals surface area contributed by atoms with Crippen molar-refractivity contribution in [2.24, 2.45) is 5.73 Å². The van der Waals surface area contributed by atoms with E-state index in [1.165, 1.54) is 0 Å². The number of carbonyl (C=O) groups excluding carboxylic acids is 1. The largest absolute Gasteiger partial charge is 0.456 e. The maximum Gasteiger partial charge on any atom is 0.289 e. The fourth-order valence-electron chi connectivity index (χ4n) is 1.90. The standard InChI is InChI=1S/C11H16N2O2/c1-8-9(7-12)6-10(15-8)11(14)13-4-2-3-5-13/h6H,2-5,7,12H2,1H3. The molecule has 0 aromatic carbocycles. The van der Waals surface area contributed by atoms with E-state index < -0.39 is 0 Å². The van der Waals surface area contributed by atoms with Crippen LogP contribution in [0.1, 0.15) is 34.7 Å². The number of rotatable bonds is 2. The molecular weight excluding hydrogens is 192 g/mol. The SMILES string of the molecule is Cc1oc(C(=O)N2CCCC2)cc1CN. The van der Waals surface area contributed by atoms with Crippen LogP contribution in [-0.4, -0.2) is 23.9 Å². The number of hydrogen-bond acceptors (Lipinski definition) is 3. The van der Waals surface area contributed by atoms with Crippen LogP contribution in [0.2, 0.25) is 0 Å². The molecule has 0 saturated carbocycles. The van der Waals surface area contributed by atoms with Gasteiger partial charge >= 0.3 is 0 Å². The predicted octanol–water partition coefficient (Wildman–Crippen LogP) is 1.28. The van der Waals surface area contributed by atoms with Gasteiger partial charge in [-0.25, -0.2) is 0 Å². The van der Waals surface area contributed by atoms with Gasteiger partial charge in [-0.2, -0.15) is 0 Å². The highest BCUT2D eigenvalue weighted by Gasteiger charge is 2.22. The third-order valence-electron chi connectivity index (χ3n) is 2.84. The number of nitrogens with zero attached hydrogens (tertiary/aromatic N) is 1. The van der Waals surface area contributed by atoms with Crippen LogP contribution in [-0.2, 0) is 6.54 Å². The van der Waals surface area contributed by atoms with Crippen LogP contribution >= 0.6 is 0 Å². The maximum absolute atomic E-state index is 11.9. The zero-order valence-electron chi connectivity index (χ0n) is 8.95. The number of amides is 1. The average molecular weight is 208 g/mol. The Balaban J connectivity index is 2.17. The molecule has 0 atom stereocenters. The van der Waals surface area contributed by atoms with Crippen molar-refractivity contribution in [3.8, 4) is 0 Å². The van der Waals surface area contributed by atoms with Gasteiger partial charge in [-0.1, -0.05) is 0 Å². The van der Waals surface area contributed by atoms with E-state index in [1.54, 1.807) is 6.07 Å². The molecule has 1 fully saturated rings. The Morgan fingerprint density at radius 3 is 2.73 bits per heavy atom. The van der Waals surface area contributed by atoms with E-state index in [9.17, 15) is 4.79 Å². The molecule has 1 amide bonds. The summed E-state index contributed by atoms with van der Waals surface area (Å²) in [7, 11) is 0. The van der Waals surface area contributed by atoms with Gasteiger partial charge < -0.3 is 15.1 Å². The van der Waals surface area contributed by atoms with Gasteiger partial charge in [-0.05, 0) is 25.8 Å². The van der Waals surface area contributed by atoms with Gasteiger partial charge in [0.25, 0.3) is 5.91 Å². The molecule has 4 heteroatoms. The highest BCUT2D eigenvalue weighted by molar-refractivity contribution is 5.92. The van der Waals surface area contributed by atoms with Gasteiger partial charge in [0.2, 0.25) is 0 Å². The summed E-state index contributed by atoms with van der Waals surface area (Å²) < 4.78 is 5.41. The molecule has 2 N–H and O–H groups in total. The van der Waals surface area contributed by atoms with E-state index >= 15 is 0 Å². The topological polar surface area (TPSA) is 59.5 Å². The van der Waals surface area contributed by atoms with Crippen molar-refractivity contribution in [3.05, 3.63) is 23.2 Å². The molecule has 1 aliphatic heterocycles. The summed E-state index contributed by atoms with van der Waals surface area (Å²) in [6.45, 7) is 3.94. The number of aryl methyl sites for hydroxylation is 1. The van der Waals surface area contributed by atoms with Crippen LogP contribution < -0.4 is 5.73 Å². The molecule has 0 bridgehead atoms. The van der Waals surface area contributed by atoms with Crippen LogP contribution in [0.5, 0.6) is 0 Å². The second-order valence-corrected chi connectivity index (χ2v) is 3.90. The predicted molar refractivity (Wildman–Crippen MR) is 56.5 cm³/mol. The van der Waals surface area contributed by atoms with E-state index in [0.717, 1.165) is 37.3 Å². The lowest BCUT2D eigenvalue weighted by atomic mass is 10.2. The van der Waals surface area contributed by atoms with Crippen molar-refractivity contribution in [2.75, 3.05) is 13.1 Å².